The lowest BCUT2D eigenvalue weighted by Crippen LogP contribution is -2.55. The molecule has 2 aliphatic carbocycles. The van der Waals surface area contributed by atoms with Gasteiger partial charge in [0, 0.05) is 38.3 Å². The summed E-state index contributed by atoms with van der Waals surface area (Å²) < 4.78 is 0. The summed E-state index contributed by atoms with van der Waals surface area (Å²) in [6, 6.07) is 12.1. The molecule has 2 atom stereocenters. The fourth-order valence-electron chi connectivity index (χ4n) is 7.27. The maximum absolute atomic E-state index is 13.4. The van der Waals surface area contributed by atoms with Gasteiger partial charge in [0.1, 0.15) is 11.5 Å². The topological polar surface area (TPSA) is 87.6 Å². The van der Waals surface area contributed by atoms with Crippen molar-refractivity contribution >= 4 is 11.8 Å². The fraction of sp³-hybridized carbons (Fsp3) is 0.588. The van der Waals surface area contributed by atoms with Gasteiger partial charge in [-0.3, -0.25) is 19.4 Å². The van der Waals surface area contributed by atoms with E-state index in [2.05, 4.69) is 35.8 Å². The van der Waals surface area contributed by atoms with Gasteiger partial charge < -0.3 is 20.0 Å². The molecule has 2 N–H and O–H groups in total. The third-order valence-corrected chi connectivity index (χ3v) is 9.58. The van der Waals surface area contributed by atoms with Crippen LogP contribution in [0.2, 0.25) is 0 Å². The predicted molar refractivity (Wildman–Crippen MR) is 165 cm³/mol. The highest BCUT2D eigenvalue weighted by atomic mass is 16.3. The highest BCUT2D eigenvalue weighted by molar-refractivity contribution is 5.80. The van der Waals surface area contributed by atoms with Gasteiger partial charge in [0.25, 0.3) is 0 Å². The first kappa shape index (κ1) is 30.4. The van der Waals surface area contributed by atoms with Crippen molar-refractivity contribution in [2.45, 2.75) is 77.3 Å². The summed E-state index contributed by atoms with van der Waals surface area (Å²) in [6.45, 7) is 9.19. The van der Waals surface area contributed by atoms with Crippen LogP contribution in [0.15, 0.2) is 36.4 Å². The van der Waals surface area contributed by atoms with Crippen LogP contribution in [-0.2, 0) is 35.3 Å². The molecule has 0 radical (unpaired) electrons. The highest BCUT2D eigenvalue weighted by Gasteiger charge is 2.32. The summed E-state index contributed by atoms with van der Waals surface area (Å²) >= 11 is 0. The molecule has 1 fully saturated rings. The van der Waals surface area contributed by atoms with E-state index < -0.39 is 0 Å². The molecule has 3 aliphatic rings. The molecule has 0 aromatic heterocycles. The lowest BCUT2D eigenvalue weighted by atomic mass is 9.86. The summed E-state index contributed by atoms with van der Waals surface area (Å²) in [6.07, 6.45) is 7.27. The number of nitrogens with zero attached hydrogens (tertiary/aromatic N) is 4. The third-order valence-electron chi connectivity index (χ3n) is 9.58. The maximum Gasteiger partial charge on any atom is 0.236 e. The average molecular weight is 577 g/mol. The van der Waals surface area contributed by atoms with Gasteiger partial charge in [-0.2, -0.15) is 0 Å². The van der Waals surface area contributed by atoms with Crippen LogP contribution >= 0.6 is 0 Å². The van der Waals surface area contributed by atoms with Gasteiger partial charge in [0.05, 0.1) is 13.1 Å². The number of phenolic OH excluding ortho intramolecular Hbond substituents is 2. The van der Waals surface area contributed by atoms with Gasteiger partial charge in [0.2, 0.25) is 11.8 Å². The number of hydrogen-bond acceptors (Lipinski definition) is 6. The quantitative estimate of drug-likeness (QED) is 0.450. The number of benzene rings is 2. The first-order valence-corrected chi connectivity index (χ1v) is 16.0. The molecule has 1 heterocycles. The molecule has 8 nitrogen and oxygen atoms in total. The lowest BCUT2D eigenvalue weighted by molar-refractivity contribution is -0.141. The van der Waals surface area contributed by atoms with Gasteiger partial charge in [-0.15, -0.1) is 0 Å². The van der Waals surface area contributed by atoms with Crippen molar-refractivity contribution in [3.8, 4) is 11.5 Å². The Morgan fingerprint density at radius 2 is 1.12 bits per heavy atom. The van der Waals surface area contributed by atoms with Gasteiger partial charge in [-0.25, -0.2) is 0 Å². The largest absolute Gasteiger partial charge is 0.508 e. The van der Waals surface area contributed by atoms with E-state index in [1.165, 1.54) is 11.1 Å². The number of carbonyl (C=O) groups is 2. The van der Waals surface area contributed by atoms with Gasteiger partial charge >= 0.3 is 0 Å². The molecule has 2 aromatic carbocycles. The van der Waals surface area contributed by atoms with E-state index in [4.69, 9.17) is 0 Å². The second-order valence-corrected chi connectivity index (χ2v) is 12.3. The number of piperazine rings is 1. The number of carbonyl (C=O) groups excluding carboxylic acids is 2. The van der Waals surface area contributed by atoms with E-state index in [0.717, 1.165) is 75.6 Å². The third kappa shape index (κ3) is 6.92. The number of phenols is 2. The van der Waals surface area contributed by atoms with Crippen LogP contribution < -0.4 is 0 Å². The summed E-state index contributed by atoms with van der Waals surface area (Å²) in [5, 5.41) is 20.5. The van der Waals surface area contributed by atoms with Crippen molar-refractivity contribution < 1.29 is 19.8 Å². The van der Waals surface area contributed by atoms with Crippen LogP contribution in [0.5, 0.6) is 11.5 Å². The van der Waals surface area contributed by atoms with E-state index in [9.17, 15) is 19.8 Å². The smallest absolute Gasteiger partial charge is 0.236 e. The molecule has 0 bridgehead atoms. The molecule has 42 heavy (non-hydrogen) atoms. The van der Waals surface area contributed by atoms with Crippen molar-refractivity contribution in [1.82, 2.24) is 19.6 Å². The van der Waals surface area contributed by atoms with Crippen LogP contribution in [0.4, 0.5) is 0 Å². The van der Waals surface area contributed by atoms with Crippen LogP contribution in [0.3, 0.4) is 0 Å². The number of fused-ring (bicyclic) bond motifs is 2. The summed E-state index contributed by atoms with van der Waals surface area (Å²) in [4.78, 5) is 35.4. The minimum Gasteiger partial charge on any atom is -0.508 e. The summed E-state index contributed by atoms with van der Waals surface area (Å²) in [7, 11) is 0. The zero-order valence-corrected chi connectivity index (χ0v) is 25.4. The molecule has 1 aliphatic heterocycles. The Labute approximate surface area is 250 Å². The molecule has 2 amide bonds. The summed E-state index contributed by atoms with van der Waals surface area (Å²) in [5.41, 5.74) is 4.50. The number of amides is 2. The van der Waals surface area contributed by atoms with E-state index >= 15 is 0 Å². The molecule has 5 rings (SSSR count). The Bertz CT molecular complexity index is 1150. The molecular weight excluding hydrogens is 528 g/mol. The zero-order valence-electron chi connectivity index (χ0n) is 25.4. The Hall–Kier alpha value is -3.10. The van der Waals surface area contributed by atoms with Crippen LogP contribution in [-0.4, -0.2) is 106 Å². The van der Waals surface area contributed by atoms with E-state index in [-0.39, 0.29) is 11.8 Å². The molecular formula is C34H48N4O4. The monoisotopic (exact) mass is 576 g/mol. The zero-order chi connectivity index (χ0) is 29.6. The number of hydrogen-bond donors (Lipinski definition) is 2. The lowest BCUT2D eigenvalue weighted by Gasteiger charge is -2.40. The molecule has 228 valence electrons. The Morgan fingerprint density at radius 3 is 1.50 bits per heavy atom. The minimum absolute atomic E-state index is 0.147. The van der Waals surface area contributed by atoms with Crippen molar-refractivity contribution in [1.29, 1.82) is 0 Å². The van der Waals surface area contributed by atoms with Crippen LogP contribution in [0.1, 0.15) is 61.8 Å². The highest BCUT2D eigenvalue weighted by Crippen LogP contribution is 2.32. The standard InChI is InChI=1S/C34H48N4O4/c1-3-15-37(27-11-13-29-25(21-27)7-5-9-31(29)39)23-33(41)35-17-19-36(20-18-35)34(42)24-38(16-4-2)28-12-14-30-26(22-28)8-6-10-32(30)40/h5-10,27-28,39-40H,3-4,11-24H2,1-2H3/t27-,28-/m0/s1. The molecule has 8 heteroatoms. The normalized spacial score (nSPS) is 20.5. The second-order valence-electron chi connectivity index (χ2n) is 12.3. The Morgan fingerprint density at radius 1 is 0.714 bits per heavy atom. The van der Waals surface area contributed by atoms with E-state index in [0.29, 0.717) is 62.9 Å². The fourth-order valence-corrected chi connectivity index (χ4v) is 7.27. The van der Waals surface area contributed by atoms with Crippen molar-refractivity contribution in [2.24, 2.45) is 0 Å². The first-order valence-electron chi connectivity index (χ1n) is 16.0. The summed E-state index contributed by atoms with van der Waals surface area (Å²) in [5.74, 6) is 1.07. The van der Waals surface area contributed by atoms with Gasteiger partial charge in [0.15, 0.2) is 0 Å². The van der Waals surface area contributed by atoms with Gasteiger partial charge in [-0.1, -0.05) is 38.1 Å². The Balaban J connectivity index is 1.12. The van der Waals surface area contributed by atoms with Gasteiger partial charge in [-0.05, 0) is 98.8 Å². The molecule has 0 saturated carbocycles. The van der Waals surface area contributed by atoms with E-state index in [1.54, 1.807) is 12.1 Å². The SMILES string of the molecule is CCCN(CC(=O)N1CCN(C(=O)CN(CCC)[C@H]2CCc3c(O)cccc3C2)CC1)[C@H]1CCc2c(O)cccc2C1. The molecule has 1 saturated heterocycles. The number of aromatic hydroxyl groups is 2. The Kier molecular flexibility index (Phi) is 10.1. The van der Waals surface area contributed by atoms with Crippen molar-refractivity contribution in [2.75, 3.05) is 52.4 Å². The van der Waals surface area contributed by atoms with Crippen molar-refractivity contribution in [3.63, 3.8) is 0 Å². The predicted octanol–water partition coefficient (Wildman–Crippen LogP) is 3.61. The van der Waals surface area contributed by atoms with Crippen LogP contribution in [0, 0.1) is 0 Å². The van der Waals surface area contributed by atoms with Crippen LogP contribution in [0.25, 0.3) is 0 Å². The van der Waals surface area contributed by atoms with Crippen molar-refractivity contribution in [3.05, 3.63) is 58.7 Å². The second kappa shape index (κ2) is 13.9. The first-order chi connectivity index (χ1) is 20.4. The van der Waals surface area contributed by atoms with E-state index in [1.807, 2.05) is 21.9 Å². The molecule has 2 aromatic rings. The molecule has 0 spiro atoms. The minimum atomic E-state index is 0.147. The average Bonchev–Trinajstić information content (AvgIpc) is 3.00. The maximum atomic E-state index is 13.4. The number of rotatable bonds is 10. The molecule has 0 unspecified atom stereocenters.